The van der Waals surface area contributed by atoms with E-state index < -0.39 is 0 Å². The Hall–Kier alpha value is -3.62. The van der Waals surface area contributed by atoms with Crippen molar-refractivity contribution < 1.29 is 18.6 Å². The van der Waals surface area contributed by atoms with Crippen LogP contribution in [-0.4, -0.2) is 30.3 Å². The third kappa shape index (κ3) is 5.60. The summed E-state index contributed by atoms with van der Waals surface area (Å²) in [5.74, 6) is 1.28. The normalized spacial score (nSPS) is 10.9. The lowest BCUT2D eigenvalue weighted by atomic mass is 10.2. The summed E-state index contributed by atoms with van der Waals surface area (Å²) in [7, 11) is 1.60. The lowest BCUT2D eigenvalue weighted by Crippen LogP contribution is -2.06. The number of nitrogen functional groups attached to an aromatic ring is 1. The van der Waals surface area contributed by atoms with E-state index in [0.29, 0.717) is 58.0 Å². The van der Waals surface area contributed by atoms with Gasteiger partial charge in [0.15, 0.2) is 0 Å². The summed E-state index contributed by atoms with van der Waals surface area (Å²) in [5, 5.41) is 4.38. The lowest BCUT2D eigenvalue weighted by molar-refractivity contribution is 0.147. The van der Waals surface area contributed by atoms with Crippen molar-refractivity contribution in [3.63, 3.8) is 0 Å². The number of benzene rings is 3. The van der Waals surface area contributed by atoms with Crippen LogP contribution in [-0.2, 0) is 11.3 Å². The number of hydrogen-bond donors (Lipinski definition) is 2. The maximum atomic E-state index is 13.3. The highest BCUT2D eigenvalue weighted by Gasteiger charge is 2.11. The number of nitrogens with zero attached hydrogens (tertiary/aromatic N) is 2. The summed E-state index contributed by atoms with van der Waals surface area (Å²) in [6, 6.07) is 15.0. The van der Waals surface area contributed by atoms with Gasteiger partial charge in [0.05, 0.1) is 22.8 Å². The summed E-state index contributed by atoms with van der Waals surface area (Å²) in [5.41, 5.74) is 8.72. The maximum absolute atomic E-state index is 13.3. The summed E-state index contributed by atoms with van der Waals surface area (Å²) in [6.45, 7) is 1.04. The highest BCUT2D eigenvalue weighted by Crippen LogP contribution is 2.33. The molecule has 3 N–H and O–H groups in total. The van der Waals surface area contributed by atoms with Gasteiger partial charge in [0.25, 0.3) is 0 Å². The monoisotopic (exact) mass is 468 g/mol. The molecule has 0 saturated heterocycles. The second kappa shape index (κ2) is 10.3. The number of anilines is 3. The maximum Gasteiger partial charge on any atom is 0.144 e. The third-order valence-corrected chi connectivity index (χ3v) is 5.09. The van der Waals surface area contributed by atoms with Crippen molar-refractivity contribution in [3.05, 3.63) is 77.3 Å². The SMILES string of the molecule is COCCOc1cc2ncnc(Nc3ccc(OCc4cccc(F)c4)c(Cl)c3)c2cc1N. The van der Waals surface area contributed by atoms with Crippen molar-refractivity contribution in [1.29, 1.82) is 0 Å². The first-order chi connectivity index (χ1) is 16.0. The van der Waals surface area contributed by atoms with Crippen molar-refractivity contribution in [3.8, 4) is 11.5 Å². The largest absolute Gasteiger partial charge is 0.489 e. The summed E-state index contributed by atoms with van der Waals surface area (Å²) in [6.07, 6.45) is 1.46. The average molecular weight is 469 g/mol. The Kier molecular flexibility index (Phi) is 7.07. The molecule has 7 nitrogen and oxygen atoms in total. The molecule has 0 bridgehead atoms. The van der Waals surface area contributed by atoms with E-state index >= 15 is 0 Å². The van der Waals surface area contributed by atoms with E-state index in [0.717, 1.165) is 5.39 Å². The minimum atomic E-state index is -0.312. The summed E-state index contributed by atoms with van der Waals surface area (Å²) in [4.78, 5) is 8.65. The topological polar surface area (TPSA) is 91.5 Å². The predicted molar refractivity (Wildman–Crippen MR) is 127 cm³/mol. The van der Waals surface area contributed by atoms with Crippen LogP contribution in [0, 0.1) is 5.82 Å². The fraction of sp³-hybridized carbons (Fsp3) is 0.167. The van der Waals surface area contributed by atoms with Gasteiger partial charge in [0, 0.05) is 24.2 Å². The summed E-state index contributed by atoms with van der Waals surface area (Å²) >= 11 is 6.40. The molecule has 33 heavy (non-hydrogen) atoms. The molecular weight excluding hydrogens is 447 g/mol. The standard InChI is InChI=1S/C24H22ClFN4O3/c1-31-7-8-32-23-12-21-18(11-20(23)27)24(29-14-28-21)30-17-5-6-22(19(25)10-17)33-13-15-3-2-4-16(26)9-15/h2-6,9-12,14H,7-8,13,27H2,1H3,(H,28,29,30). The molecule has 0 amide bonds. The van der Waals surface area contributed by atoms with Gasteiger partial charge in [-0.25, -0.2) is 14.4 Å². The van der Waals surface area contributed by atoms with Gasteiger partial charge >= 0.3 is 0 Å². The lowest BCUT2D eigenvalue weighted by Gasteiger charge is -2.13. The first-order valence-electron chi connectivity index (χ1n) is 10.1. The quantitative estimate of drug-likeness (QED) is 0.252. The van der Waals surface area contributed by atoms with Crippen LogP contribution in [0.3, 0.4) is 0 Å². The fourth-order valence-electron chi connectivity index (χ4n) is 3.18. The van der Waals surface area contributed by atoms with Gasteiger partial charge in [-0.1, -0.05) is 23.7 Å². The number of fused-ring (bicyclic) bond motifs is 1. The Morgan fingerprint density at radius 1 is 1.00 bits per heavy atom. The number of methoxy groups -OCH3 is 1. The van der Waals surface area contributed by atoms with Crippen molar-refractivity contribution in [2.24, 2.45) is 0 Å². The molecule has 0 fully saturated rings. The van der Waals surface area contributed by atoms with Crippen LogP contribution in [0.2, 0.25) is 5.02 Å². The number of nitrogens with two attached hydrogens (primary N) is 1. The van der Waals surface area contributed by atoms with Crippen LogP contribution in [0.1, 0.15) is 5.56 Å². The molecular formula is C24H22ClFN4O3. The Morgan fingerprint density at radius 2 is 1.88 bits per heavy atom. The Labute approximate surface area is 195 Å². The van der Waals surface area contributed by atoms with Gasteiger partial charge in [0.1, 0.15) is 42.7 Å². The van der Waals surface area contributed by atoms with Gasteiger partial charge < -0.3 is 25.3 Å². The van der Waals surface area contributed by atoms with E-state index in [9.17, 15) is 4.39 Å². The Morgan fingerprint density at radius 3 is 2.67 bits per heavy atom. The first kappa shape index (κ1) is 22.6. The molecule has 0 atom stereocenters. The second-order valence-corrected chi connectivity index (χ2v) is 7.57. The molecule has 0 radical (unpaired) electrons. The molecule has 0 aliphatic carbocycles. The molecule has 3 aromatic carbocycles. The molecule has 0 aliphatic rings. The molecule has 1 heterocycles. The predicted octanol–water partition coefficient (Wildman–Crippen LogP) is 5.35. The zero-order valence-electron chi connectivity index (χ0n) is 17.8. The van der Waals surface area contributed by atoms with Crippen LogP contribution in [0.15, 0.2) is 60.9 Å². The van der Waals surface area contributed by atoms with E-state index in [-0.39, 0.29) is 12.4 Å². The number of nitrogens with one attached hydrogen (secondary N) is 1. The van der Waals surface area contributed by atoms with Gasteiger partial charge in [-0.15, -0.1) is 0 Å². The zero-order valence-corrected chi connectivity index (χ0v) is 18.6. The second-order valence-electron chi connectivity index (χ2n) is 7.16. The van der Waals surface area contributed by atoms with Crippen LogP contribution in [0.5, 0.6) is 11.5 Å². The van der Waals surface area contributed by atoms with Gasteiger partial charge in [-0.2, -0.15) is 0 Å². The number of hydrogen-bond acceptors (Lipinski definition) is 7. The molecule has 1 aromatic heterocycles. The third-order valence-electron chi connectivity index (χ3n) is 4.79. The average Bonchev–Trinajstić information content (AvgIpc) is 2.80. The molecule has 0 aliphatic heterocycles. The van der Waals surface area contributed by atoms with E-state index in [1.807, 2.05) is 6.07 Å². The fourth-order valence-corrected chi connectivity index (χ4v) is 3.42. The van der Waals surface area contributed by atoms with Crippen LogP contribution in [0.25, 0.3) is 10.9 Å². The number of halogens is 2. The summed E-state index contributed by atoms with van der Waals surface area (Å²) < 4.78 is 29.7. The zero-order chi connectivity index (χ0) is 23.2. The number of ether oxygens (including phenoxy) is 3. The minimum absolute atomic E-state index is 0.203. The molecule has 0 unspecified atom stereocenters. The van der Waals surface area contributed by atoms with Crippen LogP contribution < -0.4 is 20.5 Å². The molecule has 0 saturated carbocycles. The smallest absolute Gasteiger partial charge is 0.144 e. The van der Waals surface area contributed by atoms with Crippen LogP contribution in [0.4, 0.5) is 21.6 Å². The first-order valence-corrected chi connectivity index (χ1v) is 10.5. The highest BCUT2D eigenvalue weighted by molar-refractivity contribution is 6.32. The molecule has 4 aromatic rings. The van der Waals surface area contributed by atoms with Crippen molar-refractivity contribution in [1.82, 2.24) is 9.97 Å². The van der Waals surface area contributed by atoms with E-state index in [1.165, 1.54) is 18.5 Å². The highest BCUT2D eigenvalue weighted by atomic mass is 35.5. The van der Waals surface area contributed by atoms with Gasteiger partial charge in [0.2, 0.25) is 0 Å². The number of rotatable bonds is 9. The van der Waals surface area contributed by atoms with Gasteiger partial charge in [-0.05, 0) is 42.0 Å². The van der Waals surface area contributed by atoms with Gasteiger partial charge in [-0.3, -0.25) is 0 Å². The Balaban J connectivity index is 1.50. The van der Waals surface area contributed by atoms with Crippen molar-refractivity contribution in [2.75, 3.05) is 31.4 Å². The van der Waals surface area contributed by atoms with E-state index in [2.05, 4.69) is 15.3 Å². The van der Waals surface area contributed by atoms with E-state index in [4.69, 9.17) is 31.5 Å². The van der Waals surface area contributed by atoms with Crippen LogP contribution >= 0.6 is 11.6 Å². The van der Waals surface area contributed by atoms with Crippen molar-refractivity contribution >= 4 is 39.7 Å². The molecule has 4 rings (SSSR count). The Bertz CT molecular complexity index is 1270. The van der Waals surface area contributed by atoms with Crippen molar-refractivity contribution in [2.45, 2.75) is 6.61 Å². The minimum Gasteiger partial charge on any atom is -0.489 e. The number of aromatic nitrogens is 2. The molecule has 0 spiro atoms. The molecule has 9 heteroatoms. The molecule has 170 valence electrons. The van der Waals surface area contributed by atoms with E-state index in [1.54, 1.807) is 43.5 Å².